The van der Waals surface area contributed by atoms with E-state index in [1.54, 1.807) is 0 Å². The summed E-state index contributed by atoms with van der Waals surface area (Å²) in [7, 11) is 2.04. The van der Waals surface area contributed by atoms with E-state index in [1.807, 2.05) is 18.4 Å². The van der Waals surface area contributed by atoms with Crippen LogP contribution in [0.1, 0.15) is 16.0 Å². The van der Waals surface area contributed by atoms with Crippen LogP contribution in [0.4, 0.5) is 0 Å². The van der Waals surface area contributed by atoms with E-state index in [0.717, 1.165) is 12.8 Å². The van der Waals surface area contributed by atoms with Gasteiger partial charge in [0, 0.05) is 15.4 Å². The first-order valence-corrected chi connectivity index (χ1v) is 7.81. The number of benzene rings is 1. The summed E-state index contributed by atoms with van der Waals surface area (Å²) in [5.74, 6) is 0. The molecule has 0 aliphatic carbocycles. The van der Waals surface area contributed by atoms with Gasteiger partial charge in [-0.05, 0) is 59.8 Å². The number of thiophene rings is 1. The summed E-state index contributed by atoms with van der Waals surface area (Å²) < 4.78 is 1.23. The number of likely N-dealkylation sites (N-methyl/N-ethyl adjacent to an activating group) is 1. The average Bonchev–Trinajstić information content (AvgIpc) is 2.77. The molecule has 18 heavy (non-hydrogen) atoms. The summed E-state index contributed by atoms with van der Waals surface area (Å²) >= 11 is 5.42. The van der Waals surface area contributed by atoms with Crippen molar-refractivity contribution in [3.63, 3.8) is 0 Å². The number of aryl methyl sites for hydroxylation is 1. The van der Waals surface area contributed by atoms with Gasteiger partial charge in [-0.15, -0.1) is 11.3 Å². The molecule has 1 aromatic heterocycles. The maximum absolute atomic E-state index is 3.60. The summed E-state index contributed by atoms with van der Waals surface area (Å²) in [5.41, 5.74) is 2.72. The van der Waals surface area contributed by atoms with Crippen LogP contribution >= 0.6 is 27.3 Å². The number of hydrogen-bond donors (Lipinski definition) is 1. The standard InChI is InChI=1S/C15H18BrNS/c1-11-3-5-12(6-4-11)9-13(17-2)10-15-14(16)7-8-18-15/h3-8,13,17H,9-10H2,1-2H3. The van der Waals surface area contributed by atoms with Crippen LogP contribution in [0, 0.1) is 6.92 Å². The monoisotopic (exact) mass is 323 g/mol. The van der Waals surface area contributed by atoms with Gasteiger partial charge in [-0.1, -0.05) is 29.8 Å². The Hall–Kier alpha value is -0.640. The molecule has 1 aromatic carbocycles. The molecule has 0 radical (unpaired) electrons. The first-order valence-electron chi connectivity index (χ1n) is 6.13. The van der Waals surface area contributed by atoms with E-state index in [-0.39, 0.29) is 0 Å². The molecule has 1 unspecified atom stereocenters. The van der Waals surface area contributed by atoms with Gasteiger partial charge in [0.15, 0.2) is 0 Å². The van der Waals surface area contributed by atoms with Crippen molar-refractivity contribution in [2.45, 2.75) is 25.8 Å². The summed E-state index contributed by atoms with van der Waals surface area (Å²) in [6.07, 6.45) is 2.14. The summed E-state index contributed by atoms with van der Waals surface area (Å²) in [4.78, 5) is 1.42. The Balaban J connectivity index is 2.01. The van der Waals surface area contributed by atoms with Gasteiger partial charge in [0.25, 0.3) is 0 Å². The fourth-order valence-corrected chi connectivity index (χ4v) is 3.58. The maximum Gasteiger partial charge on any atom is 0.0314 e. The predicted molar refractivity (Wildman–Crippen MR) is 83.5 cm³/mol. The molecule has 0 bridgehead atoms. The SMILES string of the molecule is CNC(Cc1ccc(C)cc1)Cc1sccc1Br. The molecule has 1 nitrogen and oxygen atoms in total. The van der Waals surface area contributed by atoms with Gasteiger partial charge in [-0.25, -0.2) is 0 Å². The van der Waals surface area contributed by atoms with Crippen LogP contribution in [0.25, 0.3) is 0 Å². The highest BCUT2D eigenvalue weighted by Gasteiger charge is 2.11. The molecule has 96 valence electrons. The zero-order valence-electron chi connectivity index (χ0n) is 10.7. The third kappa shape index (κ3) is 3.67. The minimum atomic E-state index is 0.489. The molecule has 0 spiro atoms. The first kappa shape index (κ1) is 13.8. The van der Waals surface area contributed by atoms with Crippen LogP contribution in [0.2, 0.25) is 0 Å². The van der Waals surface area contributed by atoms with Crippen LogP contribution in [0.15, 0.2) is 40.2 Å². The lowest BCUT2D eigenvalue weighted by molar-refractivity contribution is 0.559. The molecule has 0 saturated heterocycles. The van der Waals surface area contributed by atoms with E-state index in [9.17, 15) is 0 Å². The Morgan fingerprint density at radius 1 is 1.17 bits per heavy atom. The molecule has 0 aliphatic rings. The lowest BCUT2D eigenvalue weighted by Crippen LogP contribution is -2.29. The Morgan fingerprint density at radius 3 is 2.44 bits per heavy atom. The number of nitrogens with one attached hydrogen (secondary N) is 1. The molecule has 0 fully saturated rings. The summed E-state index contributed by atoms with van der Waals surface area (Å²) in [5, 5.41) is 5.55. The molecule has 2 rings (SSSR count). The molecule has 0 aliphatic heterocycles. The molecule has 2 aromatic rings. The van der Waals surface area contributed by atoms with E-state index in [4.69, 9.17) is 0 Å². The van der Waals surface area contributed by atoms with Crippen LogP contribution < -0.4 is 5.32 Å². The van der Waals surface area contributed by atoms with Gasteiger partial charge in [-0.3, -0.25) is 0 Å². The Kier molecular flexibility index (Phi) is 4.98. The normalized spacial score (nSPS) is 12.6. The van der Waals surface area contributed by atoms with Crippen molar-refractivity contribution < 1.29 is 0 Å². The Bertz CT molecular complexity index is 489. The topological polar surface area (TPSA) is 12.0 Å². The smallest absolute Gasteiger partial charge is 0.0314 e. The van der Waals surface area contributed by atoms with Crippen molar-refractivity contribution in [3.8, 4) is 0 Å². The fourth-order valence-electron chi connectivity index (χ4n) is 1.98. The Morgan fingerprint density at radius 2 is 1.89 bits per heavy atom. The van der Waals surface area contributed by atoms with Crippen LogP contribution in [-0.4, -0.2) is 13.1 Å². The highest BCUT2D eigenvalue weighted by molar-refractivity contribution is 9.10. The number of hydrogen-bond acceptors (Lipinski definition) is 2. The molecule has 0 amide bonds. The zero-order chi connectivity index (χ0) is 13.0. The molecular formula is C15H18BrNS. The van der Waals surface area contributed by atoms with Gasteiger partial charge in [0.05, 0.1) is 0 Å². The first-order chi connectivity index (χ1) is 8.69. The average molecular weight is 324 g/mol. The van der Waals surface area contributed by atoms with Crippen LogP contribution in [-0.2, 0) is 12.8 Å². The maximum atomic E-state index is 3.60. The number of rotatable bonds is 5. The van der Waals surface area contributed by atoms with Gasteiger partial charge < -0.3 is 5.32 Å². The third-order valence-electron chi connectivity index (χ3n) is 3.13. The van der Waals surface area contributed by atoms with Crippen molar-refractivity contribution >= 4 is 27.3 Å². The molecule has 1 N–H and O–H groups in total. The molecule has 0 saturated carbocycles. The van der Waals surface area contributed by atoms with Gasteiger partial charge in [0.1, 0.15) is 0 Å². The predicted octanol–water partition coefficient (Wildman–Crippen LogP) is 4.19. The summed E-state index contributed by atoms with van der Waals surface area (Å²) in [6.45, 7) is 2.13. The van der Waals surface area contributed by atoms with Crippen molar-refractivity contribution in [2.75, 3.05) is 7.05 Å². The minimum absolute atomic E-state index is 0.489. The molecule has 3 heteroatoms. The summed E-state index contributed by atoms with van der Waals surface area (Å²) in [6, 6.07) is 11.4. The van der Waals surface area contributed by atoms with Crippen molar-refractivity contribution in [1.82, 2.24) is 5.32 Å². The largest absolute Gasteiger partial charge is 0.316 e. The second-order valence-electron chi connectivity index (χ2n) is 4.57. The fraction of sp³-hybridized carbons (Fsp3) is 0.333. The van der Waals surface area contributed by atoms with Gasteiger partial charge >= 0.3 is 0 Å². The third-order valence-corrected chi connectivity index (χ3v) is 5.08. The van der Waals surface area contributed by atoms with Crippen LogP contribution in [0.3, 0.4) is 0 Å². The molecule has 1 heterocycles. The number of halogens is 1. The minimum Gasteiger partial charge on any atom is -0.316 e. The second kappa shape index (κ2) is 6.50. The van der Waals surface area contributed by atoms with E-state index < -0.39 is 0 Å². The van der Waals surface area contributed by atoms with Crippen molar-refractivity contribution in [2.24, 2.45) is 0 Å². The highest BCUT2D eigenvalue weighted by Crippen LogP contribution is 2.24. The quantitative estimate of drug-likeness (QED) is 0.869. The Labute approximate surface area is 121 Å². The van der Waals surface area contributed by atoms with Crippen LogP contribution in [0.5, 0.6) is 0 Å². The van der Waals surface area contributed by atoms with Gasteiger partial charge in [-0.2, -0.15) is 0 Å². The molecule has 1 atom stereocenters. The van der Waals surface area contributed by atoms with E-state index in [2.05, 4.69) is 63.9 Å². The van der Waals surface area contributed by atoms with E-state index in [1.165, 1.54) is 20.5 Å². The van der Waals surface area contributed by atoms with E-state index >= 15 is 0 Å². The second-order valence-corrected chi connectivity index (χ2v) is 6.43. The molecular weight excluding hydrogens is 306 g/mol. The van der Waals surface area contributed by atoms with E-state index in [0.29, 0.717) is 6.04 Å². The lowest BCUT2D eigenvalue weighted by Gasteiger charge is -2.16. The van der Waals surface area contributed by atoms with Crippen molar-refractivity contribution in [1.29, 1.82) is 0 Å². The highest BCUT2D eigenvalue weighted by atomic mass is 79.9. The zero-order valence-corrected chi connectivity index (χ0v) is 13.1. The lowest BCUT2D eigenvalue weighted by atomic mass is 10.0. The van der Waals surface area contributed by atoms with Crippen molar-refractivity contribution in [3.05, 3.63) is 56.2 Å². The van der Waals surface area contributed by atoms with Gasteiger partial charge in [0.2, 0.25) is 0 Å².